The number of hydrogen-bond donors (Lipinski definition) is 0. The Morgan fingerprint density at radius 2 is 1.54 bits per heavy atom. The van der Waals surface area contributed by atoms with Crippen LogP contribution in [0.3, 0.4) is 0 Å². The summed E-state index contributed by atoms with van der Waals surface area (Å²) >= 11 is 0. The van der Waals surface area contributed by atoms with Crippen molar-refractivity contribution in [2.75, 3.05) is 24.5 Å². The van der Waals surface area contributed by atoms with Gasteiger partial charge in [0.2, 0.25) is 0 Å². The van der Waals surface area contributed by atoms with Gasteiger partial charge in [0, 0.05) is 31.2 Å². The summed E-state index contributed by atoms with van der Waals surface area (Å²) in [5, 5.41) is 9.45. The van der Waals surface area contributed by atoms with Crippen molar-refractivity contribution in [1.29, 1.82) is 5.26 Å². The molecule has 154 valence electrons. The van der Waals surface area contributed by atoms with E-state index in [0.29, 0.717) is 16.9 Å². The van der Waals surface area contributed by atoms with E-state index in [1.165, 1.54) is 38.6 Å². The van der Waals surface area contributed by atoms with Gasteiger partial charge in [-0.05, 0) is 68.9 Å². The number of piperidine rings is 1. The lowest BCUT2D eigenvalue weighted by atomic mass is 9.69. The molecule has 2 heterocycles. The molecule has 0 aromatic heterocycles. The summed E-state index contributed by atoms with van der Waals surface area (Å²) in [4.78, 5) is 5.27. The quantitative estimate of drug-likeness (QED) is 0.644. The van der Waals surface area contributed by atoms with Gasteiger partial charge in [-0.2, -0.15) is 5.26 Å². The van der Waals surface area contributed by atoms with Crippen molar-refractivity contribution >= 4 is 5.69 Å². The Bertz CT molecular complexity index is 718. The molecule has 0 unspecified atom stereocenters. The van der Waals surface area contributed by atoms with E-state index in [-0.39, 0.29) is 5.54 Å². The summed E-state index contributed by atoms with van der Waals surface area (Å²) in [6, 6.07) is 11.0. The molecule has 2 fully saturated rings. The van der Waals surface area contributed by atoms with Crippen LogP contribution >= 0.6 is 0 Å². The van der Waals surface area contributed by atoms with Crippen LogP contribution in [0.25, 0.3) is 0 Å². The Morgan fingerprint density at radius 3 is 2.18 bits per heavy atom. The molecule has 0 N–H and O–H groups in total. The molecule has 3 nitrogen and oxygen atoms in total. The fraction of sp³-hybridized carbons (Fsp3) is 0.720. The van der Waals surface area contributed by atoms with Crippen LogP contribution in [0, 0.1) is 22.2 Å². The molecule has 0 saturated carbocycles. The monoisotopic (exact) mass is 381 g/mol. The van der Waals surface area contributed by atoms with Crippen LogP contribution in [-0.2, 0) is 0 Å². The second kappa shape index (κ2) is 7.71. The van der Waals surface area contributed by atoms with Crippen molar-refractivity contribution in [3.63, 3.8) is 0 Å². The third-order valence-electron chi connectivity index (χ3n) is 7.04. The van der Waals surface area contributed by atoms with Crippen LogP contribution < -0.4 is 4.90 Å². The number of likely N-dealkylation sites (tertiary alicyclic amines) is 1. The third kappa shape index (κ3) is 4.71. The van der Waals surface area contributed by atoms with Gasteiger partial charge in [-0.1, -0.05) is 39.8 Å². The number of nitrogens with zero attached hydrogens (tertiary/aromatic N) is 3. The fourth-order valence-corrected chi connectivity index (χ4v) is 5.68. The highest BCUT2D eigenvalue weighted by Crippen LogP contribution is 2.44. The van der Waals surface area contributed by atoms with Crippen molar-refractivity contribution in [1.82, 2.24) is 4.90 Å². The molecule has 0 bridgehead atoms. The first kappa shape index (κ1) is 21.2. The third-order valence-corrected chi connectivity index (χ3v) is 7.04. The Kier molecular flexibility index (Phi) is 5.84. The lowest BCUT2D eigenvalue weighted by Gasteiger charge is -2.54. The van der Waals surface area contributed by atoms with Crippen molar-refractivity contribution in [2.24, 2.45) is 10.8 Å². The maximum atomic E-state index is 9.45. The van der Waals surface area contributed by atoms with Gasteiger partial charge < -0.3 is 4.90 Å². The zero-order valence-corrected chi connectivity index (χ0v) is 18.9. The number of nitriles is 1. The number of para-hydroxylation sites is 1. The van der Waals surface area contributed by atoms with Crippen molar-refractivity contribution < 1.29 is 0 Å². The summed E-state index contributed by atoms with van der Waals surface area (Å²) < 4.78 is 0. The Morgan fingerprint density at radius 1 is 0.929 bits per heavy atom. The molecule has 2 aliphatic heterocycles. The van der Waals surface area contributed by atoms with Crippen molar-refractivity contribution in [2.45, 2.75) is 85.2 Å². The molecule has 1 aromatic carbocycles. The molecule has 0 atom stereocenters. The fourth-order valence-electron chi connectivity index (χ4n) is 5.68. The zero-order valence-electron chi connectivity index (χ0n) is 18.9. The maximum Gasteiger partial charge on any atom is 0.101 e. The van der Waals surface area contributed by atoms with E-state index in [4.69, 9.17) is 0 Å². The predicted octanol–water partition coefficient (Wildman–Crippen LogP) is 5.84. The predicted molar refractivity (Wildman–Crippen MR) is 119 cm³/mol. The molecule has 28 heavy (non-hydrogen) atoms. The minimum absolute atomic E-state index is 0.221. The van der Waals surface area contributed by atoms with E-state index >= 15 is 0 Å². The number of benzene rings is 1. The first-order valence-corrected chi connectivity index (χ1v) is 11.0. The molecule has 0 amide bonds. The Hall–Kier alpha value is -1.53. The maximum absolute atomic E-state index is 9.45. The highest BCUT2D eigenvalue weighted by atomic mass is 15.3. The second-order valence-electron chi connectivity index (χ2n) is 11.3. The lowest BCUT2D eigenvalue weighted by molar-refractivity contribution is -0.0286. The van der Waals surface area contributed by atoms with E-state index in [2.05, 4.69) is 63.5 Å². The summed E-state index contributed by atoms with van der Waals surface area (Å²) in [7, 11) is 0. The highest BCUT2D eigenvalue weighted by molar-refractivity contribution is 5.59. The Balaban J connectivity index is 1.76. The smallest absolute Gasteiger partial charge is 0.101 e. The van der Waals surface area contributed by atoms with E-state index in [1.807, 2.05) is 18.2 Å². The van der Waals surface area contributed by atoms with Gasteiger partial charge in [-0.15, -0.1) is 0 Å². The van der Waals surface area contributed by atoms with Crippen LogP contribution in [0.4, 0.5) is 5.69 Å². The summed E-state index contributed by atoms with van der Waals surface area (Å²) in [6.07, 6.45) is 6.24. The standard InChI is InChI=1S/C25H39N3/c1-23(2)13-14-24(3,4)19-28(25(5,6)18-23)21-11-15-27(16-12-21)22-10-8-7-9-20(22)17-26/h7-10,21H,11-16,18-19H2,1-6H3. The van der Waals surface area contributed by atoms with Gasteiger partial charge in [0.15, 0.2) is 0 Å². The first-order valence-electron chi connectivity index (χ1n) is 11.0. The van der Waals surface area contributed by atoms with Gasteiger partial charge in [-0.3, -0.25) is 4.90 Å². The summed E-state index contributed by atoms with van der Waals surface area (Å²) in [6.45, 7) is 18.0. The SMILES string of the molecule is CC1(C)CCC(C)(C)CC(C)(C)N(C2CCN(c3ccccc3C#N)CC2)C1. The molecular weight excluding hydrogens is 342 g/mol. The molecule has 2 saturated heterocycles. The van der Waals surface area contributed by atoms with Gasteiger partial charge >= 0.3 is 0 Å². The molecule has 0 aliphatic carbocycles. The number of anilines is 1. The van der Waals surface area contributed by atoms with Crippen LogP contribution in [0.2, 0.25) is 0 Å². The molecule has 0 radical (unpaired) electrons. The van der Waals surface area contributed by atoms with Crippen molar-refractivity contribution in [3.8, 4) is 6.07 Å². The number of hydrogen-bond acceptors (Lipinski definition) is 3. The van der Waals surface area contributed by atoms with Gasteiger partial charge in [-0.25, -0.2) is 0 Å². The summed E-state index contributed by atoms with van der Waals surface area (Å²) in [5.74, 6) is 0. The van der Waals surface area contributed by atoms with E-state index in [0.717, 1.165) is 24.3 Å². The van der Waals surface area contributed by atoms with Crippen LogP contribution in [0.1, 0.15) is 79.2 Å². The molecule has 2 aliphatic rings. The minimum atomic E-state index is 0.221. The molecule has 0 spiro atoms. The van der Waals surface area contributed by atoms with E-state index in [9.17, 15) is 5.26 Å². The molecular formula is C25H39N3. The average molecular weight is 382 g/mol. The number of rotatable bonds is 2. The first-order chi connectivity index (χ1) is 13.0. The largest absolute Gasteiger partial charge is 0.370 e. The molecule has 3 rings (SSSR count). The van der Waals surface area contributed by atoms with Crippen molar-refractivity contribution in [3.05, 3.63) is 29.8 Å². The van der Waals surface area contributed by atoms with Crippen LogP contribution in [0.5, 0.6) is 0 Å². The average Bonchev–Trinajstić information content (AvgIpc) is 2.63. The topological polar surface area (TPSA) is 30.3 Å². The van der Waals surface area contributed by atoms with E-state index in [1.54, 1.807) is 0 Å². The second-order valence-corrected chi connectivity index (χ2v) is 11.3. The summed E-state index contributed by atoms with van der Waals surface area (Å²) in [5.41, 5.74) is 2.89. The van der Waals surface area contributed by atoms with Crippen LogP contribution in [-0.4, -0.2) is 36.1 Å². The molecule has 1 aromatic rings. The van der Waals surface area contributed by atoms with E-state index < -0.39 is 0 Å². The van der Waals surface area contributed by atoms with Gasteiger partial charge in [0.25, 0.3) is 0 Å². The zero-order chi connectivity index (χ0) is 20.6. The highest BCUT2D eigenvalue weighted by Gasteiger charge is 2.43. The van der Waals surface area contributed by atoms with Crippen LogP contribution in [0.15, 0.2) is 24.3 Å². The normalized spacial score (nSPS) is 25.5. The van der Waals surface area contributed by atoms with Gasteiger partial charge in [0.1, 0.15) is 6.07 Å². The lowest BCUT2D eigenvalue weighted by Crippen LogP contribution is -2.58. The minimum Gasteiger partial charge on any atom is -0.370 e. The van der Waals surface area contributed by atoms with Gasteiger partial charge in [0.05, 0.1) is 11.3 Å². The molecule has 3 heteroatoms. The Labute approximate surface area is 172 Å².